The fourth-order valence-electron chi connectivity index (χ4n) is 3.94. The Hall–Kier alpha value is -6.33. The third kappa shape index (κ3) is 17.8. The maximum absolute atomic E-state index is 11.8. The number of para-hydroxylation sites is 1. The molecule has 0 aliphatic carbocycles. The summed E-state index contributed by atoms with van der Waals surface area (Å²) in [5.41, 5.74) is 2.90. The Labute approximate surface area is 341 Å². The molecular weight excluding hydrogens is 798 g/mol. The molecule has 0 radical (unpaired) electrons. The molecule has 5 rings (SSSR count). The second-order valence-corrected chi connectivity index (χ2v) is 11.5. The summed E-state index contributed by atoms with van der Waals surface area (Å²) >= 11 is 10.4. The summed E-state index contributed by atoms with van der Waals surface area (Å²) in [7, 11) is 1.65. The van der Waals surface area contributed by atoms with E-state index in [2.05, 4.69) is 4.74 Å². The zero-order valence-corrected chi connectivity index (χ0v) is 33.4. The topological polar surface area (TPSA) is 195 Å². The molecular formula is C42H37Cl2O12P. The third-order valence-electron chi connectivity index (χ3n) is 6.91. The molecule has 1 unspecified atom stereocenters. The van der Waals surface area contributed by atoms with Crippen molar-refractivity contribution in [1.82, 2.24) is 0 Å². The Bertz CT molecular complexity index is 2030. The van der Waals surface area contributed by atoms with Crippen LogP contribution in [0.1, 0.15) is 96.7 Å². The van der Waals surface area contributed by atoms with Crippen LogP contribution >= 0.6 is 32.4 Å². The van der Waals surface area contributed by atoms with E-state index in [0.29, 0.717) is 48.3 Å². The van der Waals surface area contributed by atoms with Gasteiger partial charge in [0.2, 0.25) is 0 Å². The van der Waals surface area contributed by atoms with E-state index in [1.807, 2.05) is 12.7 Å². The highest BCUT2D eigenvalue weighted by molar-refractivity contribution is 7.15. The van der Waals surface area contributed by atoms with Crippen molar-refractivity contribution in [3.05, 3.63) is 172 Å². The average molecular weight is 838 g/mol. The Morgan fingerprint density at radius 3 is 1.05 bits per heavy atom. The summed E-state index contributed by atoms with van der Waals surface area (Å²) in [6.45, 7) is 4.78. The van der Waals surface area contributed by atoms with Gasteiger partial charge in [-0.2, -0.15) is 0 Å². The standard InChI is InChI=1S/C15H12O3.C10H10O3.C8H4Cl2O2.C8H6O4.CH5P/c1-11(16)12-7-9-13(10-8-12)15(17)18-14-5-3-2-4-6-14;1-7(11)8-3-5-9(6-4-8)10(12)13-2;9-7(11)5-1-2-6(4-3-5)8(10)12;9-7(10)5-1-2-6(4-3-5)8(11)12;1-2/h2-10H,1H3;3-6H,1-2H3;1-4H;1-4H,(H,9,10)(H,11,12);2H2,1H3/i;;;;2T. The molecule has 0 bridgehead atoms. The van der Waals surface area contributed by atoms with Crippen LogP contribution in [0.15, 0.2) is 127 Å². The van der Waals surface area contributed by atoms with Gasteiger partial charge in [-0.05, 0) is 122 Å². The molecule has 0 amide bonds. The van der Waals surface area contributed by atoms with Gasteiger partial charge in [0.15, 0.2) is 11.6 Å². The Morgan fingerprint density at radius 1 is 0.491 bits per heavy atom. The van der Waals surface area contributed by atoms with Gasteiger partial charge in [0, 0.05) is 22.3 Å². The molecule has 15 heteroatoms. The highest BCUT2D eigenvalue weighted by atomic mass is 35.5. The molecule has 0 fully saturated rings. The second kappa shape index (κ2) is 25.7. The first-order valence-electron chi connectivity index (χ1n) is 16.7. The molecule has 0 saturated heterocycles. The minimum Gasteiger partial charge on any atom is -0.478 e. The monoisotopic (exact) mass is 836 g/mol. The lowest BCUT2D eigenvalue weighted by Crippen LogP contribution is -2.08. The number of methoxy groups -OCH3 is 1. The lowest BCUT2D eigenvalue weighted by molar-refractivity contribution is 0.0598. The molecule has 5 aromatic rings. The second-order valence-electron chi connectivity index (χ2n) is 10.8. The van der Waals surface area contributed by atoms with Crippen LogP contribution in [-0.4, -0.2) is 71.2 Å². The third-order valence-corrected chi connectivity index (χ3v) is 7.35. The van der Waals surface area contributed by atoms with Crippen LogP contribution in [-0.2, 0) is 4.74 Å². The number of carboxylic acid groups (broad SMARTS) is 2. The van der Waals surface area contributed by atoms with Crippen molar-refractivity contribution in [1.29, 1.82) is 1.28 Å². The van der Waals surface area contributed by atoms with Crippen LogP contribution in [0.3, 0.4) is 0 Å². The number of rotatable bonds is 9. The van der Waals surface area contributed by atoms with Crippen LogP contribution in [0.5, 0.6) is 5.75 Å². The predicted octanol–water partition coefficient (Wildman–Crippen LogP) is 8.80. The van der Waals surface area contributed by atoms with Crippen LogP contribution in [0.4, 0.5) is 0 Å². The van der Waals surface area contributed by atoms with Gasteiger partial charge in [-0.1, -0.05) is 49.1 Å². The Kier molecular flexibility index (Phi) is 21.1. The van der Waals surface area contributed by atoms with Gasteiger partial charge >= 0.3 is 23.9 Å². The van der Waals surface area contributed by atoms with Crippen LogP contribution in [0.2, 0.25) is 0 Å². The maximum Gasteiger partial charge on any atom is 0.343 e. The van der Waals surface area contributed by atoms with Gasteiger partial charge in [-0.25, -0.2) is 19.2 Å². The molecule has 2 N–H and O–H groups in total. The van der Waals surface area contributed by atoms with E-state index in [9.17, 15) is 38.4 Å². The highest BCUT2D eigenvalue weighted by Gasteiger charge is 2.10. The predicted molar refractivity (Wildman–Crippen MR) is 218 cm³/mol. The van der Waals surface area contributed by atoms with Gasteiger partial charge in [-0.15, -0.1) is 9.18 Å². The first-order chi connectivity index (χ1) is 27.4. The molecule has 0 heterocycles. The largest absolute Gasteiger partial charge is 0.478 e. The highest BCUT2D eigenvalue weighted by Crippen LogP contribution is 2.13. The Balaban J connectivity index is 0.000000383. The zero-order chi connectivity index (χ0) is 43.8. The van der Waals surface area contributed by atoms with Crippen LogP contribution in [0.25, 0.3) is 0 Å². The number of carboxylic acids is 2. The molecule has 12 nitrogen and oxygen atoms in total. The average Bonchev–Trinajstić information content (AvgIpc) is 3.22. The molecule has 0 aromatic heterocycles. The van der Waals surface area contributed by atoms with E-state index in [0.717, 1.165) is 0 Å². The number of carbonyl (C=O) groups is 8. The SMILES string of the molecule is CC(=O)c1ccc(C(=O)Oc2ccccc2)cc1.COC(=O)c1ccc(C(C)=O)cc1.O=C(Cl)c1ccc(C(=O)Cl)cc1.O=C(O)c1ccc(C(=O)O)cc1.[3H]PC. The first-order valence-corrected chi connectivity index (χ1v) is 17.9. The smallest absolute Gasteiger partial charge is 0.343 e. The van der Waals surface area contributed by atoms with E-state index in [4.69, 9.17) is 39.4 Å². The van der Waals surface area contributed by atoms with Crippen LogP contribution in [0, 0.1) is 0 Å². The molecule has 0 aliphatic heterocycles. The van der Waals surface area contributed by atoms with Gasteiger partial charge in [0.05, 0.1) is 30.6 Å². The fourth-order valence-corrected chi connectivity index (χ4v) is 4.19. The number of benzene rings is 5. The van der Waals surface area contributed by atoms with Crippen LogP contribution < -0.4 is 4.74 Å². The van der Waals surface area contributed by atoms with Crippen molar-refractivity contribution in [3.63, 3.8) is 0 Å². The van der Waals surface area contributed by atoms with Gasteiger partial charge in [0.1, 0.15) is 5.75 Å². The molecule has 57 heavy (non-hydrogen) atoms. The normalized spacial score (nSPS) is 9.75. The minimum absolute atomic E-state index is 0.0172. The number of ether oxygens (including phenoxy) is 2. The van der Waals surface area contributed by atoms with Crippen molar-refractivity contribution >= 4 is 78.3 Å². The molecule has 296 valence electrons. The number of Topliss-reactive ketones (excluding diaryl/α,β-unsaturated/α-hetero) is 2. The Morgan fingerprint density at radius 2 is 0.772 bits per heavy atom. The van der Waals surface area contributed by atoms with Gasteiger partial charge in [-0.3, -0.25) is 19.2 Å². The lowest BCUT2D eigenvalue weighted by Gasteiger charge is -2.04. The number of carbonyl (C=O) groups excluding carboxylic acids is 6. The van der Waals surface area contributed by atoms with Gasteiger partial charge in [0.25, 0.3) is 10.5 Å². The summed E-state index contributed by atoms with van der Waals surface area (Å²) < 4.78 is 15.9. The quantitative estimate of drug-likeness (QED) is 0.0472. The number of esters is 2. The van der Waals surface area contributed by atoms with E-state index < -0.39 is 34.4 Å². The number of halogens is 2. The summed E-state index contributed by atoms with van der Waals surface area (Å²) in [6.07, 6.45) is 0. The summed E-state index contributed by atoms with van der Waals surface area (Å²) in [6, 6.07) is 32.4. The van der Waals surface area contributed by atoms with Crippen molar-refractivity contribution < 1.29 is 58.0 Å². The number of hydrogen-bond acceptors (Lipinski definition) is 10. The molecule has 0 spiro atoms. The fraction of sp³-hybridized carbons (Fsp3) is 0.0952. The lowest BCUT2D eigenvalue weighted by atomic mass is 10.1. The number of ketones is 2. The van der Waals surface area contributed by atoms with E-state index >= 15 is 0 Å². The van der Waals surface area contributed by atoms with Crippen molar-refractivity contribution in [2.45, 2.75) is 13.8 Å². The molecule has 5 aromatic carbocycles. The summed E-state index contributed by atoms with van der Waals surface area (Å²) in [5, 5.41) is 15.8. The maximum atomic E-state index is 11.8. The van der Waals surface area contributed by atoms with Crippen molar-refractivity contribution in [3.8, 4) is 5.75 Å². The first kappa shape index (κ1) is 46.8. The number of hydrogen-bond donors (Lipinski definition) is 2. The zero-order valence-electron chi connectivity index (χ0n) is 31.9. The molecule has 0 saturated carbocycles. The summed E-state index contributed by atoms with van der Waals surface area (Å²) in [5.74, 6) is -2.50. The minimum atomic E-state index is -1.06. The van der Waals surface area contributed by atoms with E-state index in [1.165, 1.54) is 69.5 Å². The summed E-state index contributed by atoms with van der Waals surface area (Å²) in [4.78, 5) is 86.6. The van der Waals surface area contributed by atoms with E-state index in [1.54, 1.807) is 72.8 Å². The van der Waals surface area contributed by atoms with E-state index in [-0.39, 0.29) is 22.7 Å². The number of aromatic carboxylic acids is 2. The van der Waals surface area contributed by atoms with Crippen molar-refractivity contribution in [2.75, 3.05) is 13.8 Å². The molecule has 0 aliphatic rings. The van der Waals surface area contributed by atoms with Crippen molar-refractivity contribution in [2.24, 2.45) is 0 Å². The molecule has 1 atom stereocenters. The van der Waals surface area contributed by atoms with Gasteiger partial charge < -0.3 is 19.7 Å².